The Kier molecular flexibility index (Phi) is 10.8. The molecule has 8 aliphatic carbocycles. The molecule has 312 valence electrons. The Morgan fingerprint density at radius 3 is 1.91 bits per heavy atom. The summed E-state index contributed by atoms with van der Waals surface area (Å²) in [5, 5.41) is 9.48. The van der Waals surface area contributed by atoms with E-state index in [0.717, 1.165) is 56.9 Å². The first-order valence-corrected chi connectivity index (χ1v) is 22.4. The molecular formula is C48H64Cl2O7. The van der Waals surface area contributed by atoms with Crippen molar-refractivity contribution in [3.8, 4) is 0 Å². The molecule has 8 aliphatic rings. The quantitative estimate of drug-likeness (QED) is 0.167. The molecular weight excluding hydrogens is 759 g/mol. The van der Waals surface area contributed by atoms with Crippen LogP contribution >= 0.6 is 23.2 Å². The van der Waals surface area contributed by atoms with Crippen molar-refractivity contribution in [1.82, 2.24) is 0 Å². The zero-order chi connectivity index (χ0) is 41.8. The molecule has 4 saturated carbocycles. The summed E-state index contributed by atoms with van der Waals surface area (Å²) in [6, 6.07) is 0. The van der Waals surface area contributed by atoms with Gasteiger partial charge in [0, 0.05) is 52.7 Å². The van der Waals surface area contributed by atoms with Crippen LogP contribution in [0.25, 0.3) is 0 Å². The Hall–Kier alpha value is -2.35. The number of halogens is 2. The monoisotopic (exact) mass is 822 g/mol. The van der Waals surface area contributed by atoms with Crippen molar-refractivity contribution in [2.24, 2.45) is 68.0 Å². The fraction of sp³-hybridized carbons (Fsp3) is 0.729. The lowest BCUT2D eigenvalue weighted by atomic mass is 9.48. The molecule has 7 nitrogen and oxygen atoms in total. The van der Waals surface area contributed by atoms with E-state index in [1.165, 1.54) is 23.6 Å². The molecule has 14 atom stereocenters. The van der Waals surface area contributed by atoms with E-state index < -0.39 is 16.8 Å². The van der Waals surface area contributed by atoms with Crippen LogP contribution in [0.15, 0.2) is 46.6 Å². The molecule has 0 saturated heterocycles. The first-order valence-electron chi connectivity index (χ1n) is 21.5. The van der Waals surface area contributed by atoms with E-state index in [0.29, 0.717) is 30.6 Å². The second-order valence-electron chi connectivity index (χ2n) is 20.7. The number of allylic oxidation sites excluding steroid dienone is 8. The Morgan fingerprint density at radius 2 is 1.30 bits per heavy atom. The van der Waals surface area contributed by atoms with Gasteiger partial charge in [-0.2, -0.15) is 0 Å². The molecule has 0 heterocycles. The van der Waals surface area contributed by atoms with Gasteiger partial charge in [0.05, 0.1) is 5.38 Å². The Labute approximate surface area is 349 Å². The average molecular weight is 824 g/mol. The maximum Gasteiger partial charge on any atom is 0.303 e. The maximum atomic E-state index is 13.3. The van der Waals surface area contributed by atoms with Crippen molar-refractivity contribution in [2.45, 2.75) is 137 Å². The number of ketones is 4. The Bertz CT molecular complexity index is 1910. The van der Waals surface area contributed by atoms with Crippen LogP contribution in [0.4, 0.5) is 0 Å². The third kappa shape index (κ3) is 5.98. The van der Waals surface area contributed by atoms with Gasteiger partial charge in [0.15, 0.2) is 29.7 Å². The van der Waals surface area contributed by atoms with E-state index in [2.05, 4.69) is 67.5 Å². The van der Waals surface area contributed by atoms with Gasteiger partial charge in [0.25, 0.3) is 0 Å². The lowest BCUT2D eigenvalue weighted by molar-refractivity contribution is -0.153. The predicted octanol–water partition coefficient (Wildman–Crippen LogP) is 9.51. The molecule has 0 aromatic heterocycles. The number of aliphatic hydroxyl groups excluding tert-OH is 1. The number of carbonyl (C=O) groups is 5. The van der Waals surface area contributed by atoms with Crippen LogP contribution in [0.3, 0.4) is 0 Å². The minimum Gasteiger partial charge on any atom is -0.458 e. The van der Waals surface area contributed by atoms with Crippen molar-refractivity contribution in [2.75, 3.05) is 13.2 Å². The molecule has 0 radical (unpaired) electrons. The molecule has 57 heavy (non-hydrogen) atoms. The van der Waals surface area contributed by atoms with Crippen LogP contribution < -0.4 is 0 Å². The minimum atomic E-state index is -0.545. The van der Waals surface area contributed by atoms with E-state index in [1.54, 1.807) is 6.08 Å². The smallest absolute Gasteiger partial charge is 0.303 e. The molecule has 0 spiro atoms. The summed E-state index contributed by atoms with van der Waals surface area (Å²) < 4.78 is 5.11. The summed E-state index contributed by atoms with van der Waals surface area (Å²) >= 11 is 13.9. The lowest BCUT2D eigenvalue weighted by Gasteiger charge is -2.56. The number of alkyl halides is 2. The molecule has 0 amide bonds. The van der Waals surface area contributed by atoms with Crippen molar-refractivity contribution < 1.29 is 33.8 Å². The van der Waals surface area contributed by atoms with Gasteiger partial charge in [0.2, 0.25) is 0 Å². The number of aliphatic hydroxyl groups is 1. The highest BCUT2D eigenvalue weighted by Crippen LogP contribution is 2.72. The largest absolute Gasteiger partial charge is 0.458 e. The minimum absolute atomic E-state index is 0.0281. The second kappa shape index (κ2) is 14.4. The number of hydrogen-bond donors (Lipinski definition) is 1. The molecule has 1 N–H and O–H groups in total. The molecule has 9 heteroatoms. The molecule has 0 bridgehead atoms. The summed E-state index contributed by atoms with van der Waals surface area (Å²) in [4.78, 5) is 61.5. The van der Waals surface area contributed by atoms with Crippen LogP contribution in [-0.4, -0.2) is 58.2 Å². The fourth-order valence-electron chi connectivity index (χ4n) is 14.5. The van der Waals surface area contributed by atoms with Gasteiger partial charge in [-0.15, -0.1) is 23.2 Å². The second-order valence-corrected chi connectivity index (χ2v) is 21.7. The number of hydrogen-bond acceptors (Lipinski definition) is 7. The van der Waals surface area contributed by atoms with Crippen LogP contribution in [0, 0.1) is 68.0 Å². The van der Waals surface area contributed by atoms with Gasteiger partial charge < -0.3 is 9.84 Å². The Balaban J connectivity index is 0.000000175. The third-order valence-corrected chi connectivity index (χ3v) is 19.5. The highest BCUT2D eigenvalue weighted by atomic mass is 35.5. The topological polar surface area (TPSA) is 115 Å². The SMILES string of the molecule is CC(=O)OCC(=O)[C@@]1(C)[C@H](C)CC2C3CC(Cl)C4=CC(=O)CC[C@]4(C)C3=CC[C@@]21C.C[C@H]1CC2C3C(=CC[C@]2(C)[C@@]1(C)C(=O)CO)[C@@]1(C)CCC(=O)C=C1CC3Cl. The number of carbonyl (C=O) groups excluding carboxylic acids is 5. The predicted molar refractivity (Wildman–Crippen MR) is 222 cm³/mol. The van der Waals surface area contributed by atoms with Gasteiger partial charge in [-0.25, -0.2) is 0 Å². The molecule has 8 rings (SSSR count). The van der Waals surface area contributed by atoms with Crippen LogP contribution in [0.1, 0.15) is 127 Å². The van der Waals surface area contributed by atoms with Gasteiger partial charge in [-0.05, 0) is 110 Å². The highest BCUT2D eigenvalue weighted by Gasteiger charge is 2.68. The van der Waals surface area contributed by atoms with Crippen molar-refractivity contribution in [3.63, 3.8) is 0 Å². The van der Waals surface area contributed by atoms with Crippen molar-refractivity contribution in [1.29, 1.82) is 0 Å². The molecule has 4 fully saturated rings. The van der Waals surface area contributed by atoms with E-state index >= 15 is 0 Å². The van der Waals surface area contributed by atoms with Gasteiger partial charge >= 0.3 is 5.97 Å². The zero-order valence-corrected chi connectivity index (χ0v) is 37.1. The number of esters is 1. The van der Waals surface area contributed by atoms with Gasteiger partial charge in [0.1, 0.15) is 6.61 Å². The van der Waals surface area contributed by atoms with Gasteiger partial charge in [-0.1, -0.05) is 84.3 Å². The van der Waals surface area contributed by atoms with Crippen molar-refractivity contribution in [3.05, 3.63) is 46.6 Å². The van der Waals surface area contributed by atoms with Gasteiger partial charge in [-0.3, -0.25) is 24.0 Å². The first kappa shape index (κ1) is 42.8. The van der Waals surface area contributed by atoms with Crippen LogP contribution in [0.2, 0.25) is 0 Å². The molecule has 0 aromatic rings. The number of rotatable bonds is 5. The zero-order valence-electron chi connectivity index (χ0n) is 35.6. The maximum absolute atomic E-state index is 13.3. The molecule has 0 aliphatic heterocycles. The average Bonchev–Trinajstić information content (AvgIpc) is 3.50. The number of ether oxygens (including phenoxy) is 1. The molecule has 6 unspecified atom stereocenters. The summed E-state index contributed by atoms with van der Waals surface area (Å²) in [6.45, 7) is 18.3. The van der Waals surface area contributed by atoms with Crippen molar-refractivity contribution >= 4 is 52.3 Å². The standard InChI is InChI=1S/C25H33ClO4.C23H31ClO3/c1-14-10-19-17-12-21(26)20-11-16(28)6-8-23(20,3)18(17)7-9-24(19,4)25(14,5)22(29)13-30-15(2)27;1-13-9-17-20-16(6-8-22(17,3)23(13,4)19(27)12-25)21(2)7-5-15(26)10-14(21)11-18(20)24/h7,11,14,17,19,21H,6,8-10,12-13H2,1-5H3;6,10,13,17-18,20,25H,5,7-9,11-12H2,1-4H3/t14-,17?,19?,21?,23-,24+,25-;13-,17?,18?,20?,21-,22-,23+/m10/s1. The van der Waals surface area contributed by atoms with E-state index in [4.69, 9.17) is 27.9 Å². The van der Waals surface area contributed by atoms with Crippen LogP contribution in [0.5, 0.6) is 0 Å². The summed E-state index contributed by atoms with van der Waals surface area (Å²) in [5.74, 6) is 1.69. The molecule has 0 aromatic carbocycles. The lowest BCUT2D eigenvalue weighted by Crippen LogP contribution is -2.53. The number of Topliss-reactive ketones (excluding diaryl/α,β-unsaturated/α-hetero) is 2. The van der Waals surface area contributed by atoms with Crippen LogP contribution in [-0.2, 0) is 28.7 Å². The first-order chi connectivity index (χ1) is 26.5. The summed E-state index contributed by atoms with van der Waals surface area (Å²) in [6.07, 6.45) is 16.4. The van der Waals surface area contributed by atoms with E-state index in [9.17, 15) is 29.1 Å². The number of fused-ring (bicyclic) bond motifs is 10. The summed E-state index contributed by atoms with van der Waals surface area (Å²) in [5.41, 5.74) is 3.47. The normalized spacial score (nSPS) is 46.8. The fourth-order valence-corrected chi connectivity index (χ4v) is 15.4. The Morgan fingerprint density at radius 1 is 0.754 bits per heavy atom. The van der Waals surface area contributed by atoms with E-state index in [-0.39, 0.29) is 86.5 Å². The van der Waals surface area contributed by atoms with E-state index in [1.807, 2.05) is 6.08 Å². The highest BCUT2D eigenvalue weighted by molar-refractivity contribution is 6.23. The summed E-state index contributed by atoms with van der Waals surface area (Å²) in [7, 11) is 0. The third-order valence-electron chi connectivity index (χ3n) is 18.7.